The van der Waals surface area contributed by atoms with Crippen molar-refractivity contribution in [3.8, 4) is 0 Å². The smallest absolute Gasteiger partial charge is 0.345 e. The monoisotopic (exact) mass is 305 g/mol. The summed E-state index contributed by atoms with van der Waals surface area (Å²) in [5.74, 6) is -5.46. The van der Waals surface area contributed by atoms with Gasteiger partial charge in [-0.1, -0.05) is 6.92 Å². The summed E-state index contributed by atoms with van der Waals surface area (Å²) in [6.45, 7) is 1.49. The van der Waals surface area contributed by atoms with E-state index in [1.165, 1.54) is 20.0 Å². The largest absolute Gasteiger partial charge is 0.477 e. The first-order valence-corrected chi connectivity index (χ1v) is 7.05. The van der Waals surface area contributed by atoms with E-state index >= 15 is 0 Å². The van der Waals surface area contributed by atoms with Crippen molar-refractivity contribution in [1.29, 1.82) is 0 Å². The maximum absolute atomic E-state index is 13.2. The van der Waals surface area contributed by atoms with Crippen molar-refractivity contribution < 1.29 is 23.5 Å². The number of amides is 1. The van der Waals surface area contributed by atoms with Crippen molar-refractivity contribution >= 4 is 23.2 Å². The Morgan fingerprint density at radius 3 is 2.55 bits per heavy atom. The summed E-state index contributed by atoms with van der Waals surface area (Å²) in [6.07, 6.45) is 0.567. The van der Waals surface area contributed by atoms with E-state index in [-0.39, 0.29) is 11.4 Å². The predicted octanol–water partition coefficient (Wildman–Crippen LogP) is 2.88. The summed E-state index contributed by atoms with van der Waals surface area (Å²) in [5.41, 5.74) is 0. The van der Waals surface area contributed by atoms with Crippen molar-refractivity contribution in [1.82, 2.24) is 4.90 Å². The van der Waals surface area contributed by atoms with E-state index in [0.29, 0.717) is 12.8 Å². The van der Waals surface area contributed by atoms with Gasteiger partial charge in [-0.3, -0.25) is 4.79 Å². The molecular formula is C13H17F2NO3S. The van der Waals surface area contributed by atoms with Crippen LogP contribution < -0.4 is 0 Å². The zero-order valence-corrected chi connectivity index (χ0v) is 12.2. The second-order valence-electron chi connectivity index (χ2n) is 4.46. The van der Waals surface area contributed by atoms with E-state index in [1.54, 1.807) is 6.07 Å². The van der Waals surface area contributed by atoms with Crippen LogP contribution in [0.2, 0.25) is 0 Å². The van der Waals surface area contributed by atoms with Gasteiger partial charge in [0.15, 0.2) is 0 Å². The molecule has 0 atom stereocenters. The molecule has 0 aliphatic rings. The number of hydrogen-bond donors (Lipinski definition) is 1. The van der Waals surface area contributed by atoms with Crippen molar-refractivity contribution in [2.45, 2.75) is 32.1 Å². The molecule has 1 N–H and O–H groups in total. The second kappa shape index (κ2) is 6.78. The molecule has 0 bridgehead atoms. The van der Waals surface area contributed by atoms with Gasteiger partial charge in [0.05, 0.1) is 0 Å². The molecule has 0 fully saturated rings. The Morgan fingerprint density at radius 1 is 1.40 bits per heavy atom. The summed E-state index contributed by atoms with van der Waals surface area (Å²) < 4.78 is 26.4. The van der Waals surface area contributed by atoms with Crippen LogP contribution in [0.4, 0.5) is 8.78 Å². The average Bonchev–Trinajstić information content (AvgIpc) is 2.86. The molecule has 1 amide bonds. The van der Waals surface area contributed by atoms with Crippen molar-refractivity contribution in [3.63, 3.8) is 0 Å². The Labute approximate surface area is 120 Å². The molecule has 1 aromatic rings. The highest BCUT2D eigenvalue weighted by Crippen LogP contribution is 2.21. The zero-order valence-electron chi connectivity index (χ0n) is 11.4. The maximum atomic E-state index is 13.2. The van der Waals surface area contributed by atoms with Crippen molar-refractivity contribution in [2.24, 2.45) is 0 Å². The van der Waals surface area contributed by atoms with E-state index < -0.39 is 24.2 Å². The molecule has 1 aromatic heterocycles. The van der Waals surface area contributed by atoms with E-state index in [0.717, 1.165) is 21.1 Å². The molecule has 0 aliphatic heterocycles. The van der Waals surface area contributed by atoms with Gasteiger partial charge in [0, 0.05) is 24.9 Å². The minimum absolute atomic E-state index is 0.217. The maximum Gasteiger partial charge on any atom is 0.345 e. The Hall–Kier alpha value is -1.50. The summed E-state index contributed by atoms with van der Waals surface area (Å²) >= 11 is 1.16. The van der Waals surface area contributed by atoms with Gasteiger partial charge in [0.25, 0.3) is 5.91 Å². The SMILES string of the molecule is CCC(F)(F)C(=O)N(C)CCCc1ccc(C(=O)O)s1. The van der Waals surface area contributed by atoms with Crippen LogP contribution in [0.25, 0.3) is 0 Å². The lowest BCUT2D eigenvalue weighted by molar-refractivity contribution is -0.156. The fraction of sp³-hybridized carbons (Fsp3) is 0.538. The number of hydrogen-bond acceptors (Lipinski definition) is 3. The summed E-state index contributed by atoms with van der Waals surface area (Å²) in [7, 11) is 1.35. The number of carboxylic acid groups (broad SMARTS) is 1. The third kappa shape index (κ3) is 4.26. The molecule has 1 heterocycles. The lowest BCUT2D eigenvalue weighted by Gasteiger charge is -2.22. The Balaban J connectivity index is 2.43. The van der Waals surface area contributed by atoms with Crippen LogP contribution in [0.5, 0.6) is 0 Å². The molecule has 0 saturated heterocycles. The first kappa shape index (κ1) is 16.6. The molecule has 1 rings (SSSR count). The molecule has 4 nitrogen and oxygen atoms in total. The quantitative estimate of drug-likeness (QED) is 0.842. The zero-order chi connectivity index (χ0) is 15.3. The van der Waals surface area contributed by atoms with Gasteiger partial charge in [-0.2, -0.15) is 8.78 Å². The molecule has 0 radical (unpaired) electrons. The summed E-state index contributed by atoms with van der Waals surface area (Å²) in [6, 6.07) is 3.22. The Kier molecular flexibility index (Phi) is 5.62. The molecule has 7 heteroatoms. The number of carbonyl (C=O) groups is 2. The second-order valence-corrected chi connectivity index (χ2v) is 5.63. The van der Waals surface area contributed by atoms with Gasteiger partial charge in [-0.25, -0.2) is 4.79 Å². The average molecular weight is 305 g/mol. The molecule has 112 valence electrons. The first-order valence-electron chi connectivity index (χ1n) is 6.23. The molecule has 0 saturated carbocycles. The van der Waals surface area contributed by atoms with E-state index in [1.807, 2.05) is 0 Å². The lowest BCUT2D eigenvalue weighted by atomic mass is 10.2. The van der Waals surface area contributed by atoms with Gasteiger partial charge >= 0.3 is 11.9 Å². The van der Waals surface area contributed by atoms with E-state index in [4.69, 9.17) is 5.11 Å². The number of halogens is 2. The van der Waals surface area contributed by atoms with Crippen molar-refractivity contribution in [2.75, 3.05) is 13.6 Å². The van der Waals surface area contributed by atoms with E-state index in [2.05, 4.69) is 0 Å². The van der Waals surface area contributed by atoms with Crippen LogP contribution >= 0.6 is 11.3 Å². The van der Waals surface area contributed by atoms with Gasteiger partial charge in [-0.15, -0.1) is 11.3 Å². The van der Waals surface area contributed by atoms with E-state index in [9.17, 15) is 18.4 Å². The molecule has 0 aromatic carbocycles. The normalized spacial score (nSPS) is 11.4. The summed E-state index contributed by atoms with van der Waals surface area (Å²) in [5, 5.41) is 8.78. The number of alkyl halides is 2. The van der Waals surface area contributed by atoms with Gasteiger partial charge < -0.3 is 10.0 Å². The highest BCUT2D eigenvalue weighted by molar-refractivity contribution is 7.13. The third-order valence-electron chi connectivity index (χ3n) is 2.89. The highest BCUT2D eigenvalue weighted by atomic mass is 32.1. The molecular weight excluding hydrogens is 288 g/mol. The lowest BCUT2D eigenvalue weighted by Crippen LogP contribution is -2.41. The fourth-order valence-electron chi connectivity index (χ4n) is 1.65. The van der Waals surface area contributed by atoms with Gasteiger partial charge in [0.2, 0.25) is 0 Å². The van der Waals surface area contributed by atoms with Gasteiger partial charge in [0.1, 0.15) is 4.88 Å². The standard InChI is InChI=1S/C13H17F2NO3S/c1-3-13(14,15)12(19)16(2)8-4-5-9-6-7-10(20-9)11(17)18/h6-7H,3-5,8H2,1-2H3,(H,17,18). The number of carbonyl (C=O) groups excluding carboxylic acids is 1. The number of carboxylic acids is 1. The number of nitrogens with zero attached hydrogens (tertiary/aromatic N) is 1. The van der Waals surface area contributed by atoms with Crippen LogP contribution in [0.1, 0.15) is 34.3 Å². The minimum atomic E-state index is -3.31. The van der Waals surface area contributed by atoms with Crippen LogP contribution in [0.3, 0.4) is 0 Å². The number of aromatic carboxylic acids is 1. The Morgan fingerprint density at radius 2 is 2.05 bits per heavy atom. The van der Waals surface area contributed by atoms with Crippen LogP contribution in [0, 0.1) is 0 Å². The third-order valence-corrected chi connectivity index (χ3v) is 4.03. The number of rotatable bonds is 7. The van der Waals surface area contributed by atoms with Crippen LogP contribution in [-0.4, -0.2) is 41.4 Å². The predicted molar refractivity (Wildman–Crippen MR) is 72.5 cm³/mol. The number of aryl methyl sites for hydroxylation is 1. The highest BCUT2D eigenvalue weighted by Gasteiger charge is 2.38. The van der Waals surface area contributed by atoms with Crippen LogP contribution in [-0.2, 0) is 11.2 Å². The van der Waals surface area contributed by atoms with Crippen molar-refractivity contribution in [3.05, 3.63) is 21.9 Å². The first-order chi connectivity index (χ1) is 9.27. The minimum Gasteiger partial charge on any atom is -0.477 e. The number of thiophene rings is 1. The fourth-order valence-corrected chi connectivity index (χ4v) is 2.54. The van der Waals surface area contributed by atoms with Crippen LogP contribution in [0.15, 0.2) is 12.1 Å². The molecule has 0 aliphatic carbocycles. The van der Waals surface area contributed by atoms with Gasteiger partial charge in [-0.05, 0) is 25.0 Å². The Bertz CT molecular complexity index is 488. The molecule has 0 unspecified atom stereocenters. The molecule has 0 spiro atoms. The molecule has 20 heavy (non-hydrogen) atoms. The summed E-state index contributed by atoms with van der Waals surface area (Å²) in [4.78, 5) is 24.3. The topological polar surface area (TPSA) is 57.6 Å².